The molecule has 0 heterocycles. The Hall–Kier alpha value is -1.17. The molecule has 0 saturated heterocycles. The van der Waals surface area contributed by atoms with Crippen LogP contribution in [0.4, 0.5) is 0 Å². The summed E-state index contributed by atoms with van der Waals surface area (Å²) in [6.07, 6.45) is 6.95. The topological polar surface area (TPSA) is 98.0 Å². The zero-order chi connectivity index (χ0) is 18.6. The third-order valence-corrected chi connectivity index (χ3v) is 7.88. The van der Waals surface area contributed by atoms with Gasteiger partial charge in [-0.15, -0.1) is 0 Å². The van der Waals surface area contributed by atoms with Gasteiger partial charge in [-0.3, -0.25) is 4.79 Å². The molecule has 140 valence electrons. The predicted molar refractivity (Wildman–Crippen MR) is 93.7 cm³/mol. The molecule has 0 spiro atoms. The first kappa shape index (κ1) is 18.6. The first-order chi connectivity index (χ1) is 11.6. The van der Waals surface area contributed by atoms with Crippen LogP contribution >= 0.6 is 0 Å². The molecule has 2 saturated carbocycles. The number of carboxylic acid groups (broad SMARTS) is 1. The summed E-state index contributed by atoms with van der Waals surface area (Å²) in [5.74, 6) is -0.503. The normalized spacial score (nSPS) is 51.0. The minimum Gasteiger partial charge on any atom is -0.481 e. The summed E-state index contributed by atoms with van der Waals surface area (Å²) in [5.41, 5.74) is -2.51. The van der Waals surface area contributed by atoms with Crippen LogP contribution in [0.3, 0.4) is 0 Å². The summed E-state index contributed by atoms with van der Waals surface area (Å²) < 4.78 is 0. The molecule has 5 nitrogen and oxygen atoms in total. The van der Waals surface area contributed by atoms with Gasteiger partial charge in [-0.2, -0.15) is 0 Å². The Morgan fingerprint density at radius 1 is 1.32 bits per heavy atom. The summed E-state index contributed by atoms with van der Waals surface area (Å²) in [5, 5.41) is 41.3. The molecular weight excluding hydrogens is 320 g/mol. The van der Waals surface area contributed by atoms with E-state index in [9.17, 15) is 25.2 Å². The van der Waals surface area contributed by atoms with Gasteiger partial charge in [-0.05, 0) is 55.9 Å². The van der Waals surface area contributed by atoms with Gasteiger partial charge in [0.2, 0.25) is 0 Å². The second-order valence-electron chi connectivity index (χ2n) is 8.60. The van der Waals surface area contributed by atoms with Crippen molar-refractivity contribution in [2.24, 2.45) is 28.6 Å². The Labute approximate surface area is 149 Å². The number of aliphatic hydroxyl groups is 3. The molecule has 0 aromatic heterocycles. The second kappa shape index (κ2) is 5.93. The molecule has 5 heteroatoms. The number of rotatable bonds is 2. The number of aliphatic carboxylic acids is 1. The molecule has 7 atom stereocenters. The first-order valence-corrected chi connectivity index (χ1v) is 9.26. The fraction of sp³-hybridized carbons (Fsp3) is 0.750. The van der Waals surface area contributed by atoms with Crippen LogP contribution in [-0.2, 0) is 4.79 Å². The summed E-state index contributed by atoms with van der Waals surface area (Å²) in [4.78, 5) is 12.1. The number of hydrogen-bond acceptors (Lipinski definition) is 4. The van der Waals surface area contributed by atoms with E-state index in [4.69, 9.17) is 0 Å². The number of hydrogen-bond donors (Lipinski definition) is 4. The summed E-state index contributed by atoms with van der Waals surface area (Å²) in [6, 6.07) is 0. The number of carboxylic acids is 1. The van der Waals surface area contributed by atoms with Crippen molar-refractivity contribution in [3.8, 4) is 0 Å². The lowest BCUT2D eigenvalue weighted by atomic mass is 9.41. The average molecular weight is 350 g/mol. The molecule has 0 aromatic carbocycles. The molecule has 3 aliphatic rings. The molecule has 0 radical (unpaired) electrons. The van der Waals surface area contributed by atoms with Crippen LogP contribution in [0.2, 0.25) is 0 Å². The van der Waals surface area contributed by atoms with Crippen LogP contribution in [-0.4, -0.2) is 44.7 Å². The fourth-order valence-electron chi connectivity index (χ4n) is 6.02. The maximum Gasteiger partial charge on any atom is 0.314 e. The first-order valence-electron chi connectivity index (χ1n) is 9.26. The van der Waals surface area contributed by atoms with Gasteiger partial charge in [0.05, 0.1) is 18.3 Å². The SMILES string of the molecule is C[C@H]1/C(=C/CO)C=C[C@H]2[C@H]1CC[C@@]1(O)[C@@](C)(C(=O)O)[C@H](O)CC[C@]21C. The standard InChI is InChI=1S/C20H30O5/c1-12-13(8-11-21)4-5-15-14(12)6-10-20(25)18(15,2)9-7-16(22)19(20,3)17(23)24/h4-5,8,12,14-16,21-22,25H,6-7,9-11H2,1-3H3,(H,23,24)/b13-8+/t12-,14-,15-,16+,18+,19+,20-/m0/s1. The van der Waals surface area contributed by atoms with Gasteiger partial charge < -0.3 is 20.4 Å². The van der Waals surface area contributed by atoms with Gasteiger partial charge in [0.15, 0.2) is 0 Å². The maximum absolute atomic E-state index is 12.1. The zero-order valence-corrected chi connectivity index (χ0v) is 15.3. The molecule has 0 aliphatic heterocycles. The number of carbonyl (C=O) groups is 1. The maximum atomic E-state index is 12.1. The average Bonchev–Trinajstić information content (AvgIpc) is 2.56. The van der Waals surface area contributed by atoms with E-state index in [0.717, 1.165) is 5.57 Å². The molecule has 0 aromatic rings. The summed E-state index contributed by atoms with van der Waals surface area (Å²) >= 11 is 0. The Kier molecular flexibility index (Phi) is 4.42. The summed E-state index contributed by atoms with van der Waals surface area (Å²) in [7, 11) is 0. The third-order valence-electron chi connectivity index (χ3n) is 7.88. The molecular formula is C20H30O5. The molecule has 0 bridgehead atoms. The van der Waals surface area contributed by atoms with Crippen LogP contribution < -0.4 is 0 Å². The van der Waals surface area contributed by atoms with Gasteiger partial charge in [-0.1, -0.05) is 32.1 Å². The smallest absolute Gasteiger partial charge is 0.314 e. The quantitative estimate of drug-likeness (QED) is 0.611. The third kappa shape index (κ3) is 2.22. The second-order valence-corrected chi connectivity index (χ2v) is 8.60. The van der Waals surface area contributed by atoms with Crippen molar-refractivity contribution in [3.63, 3.8) is 0 Å². The Morgan fingerprint density at radius 3 is 2.60 bits per heavy atom. The molecule has 0 amide bonds. The highest BCUT2D eigenvalue weighted by Gasteiger charge is 2.71. The van der Waals surface area contributed by atoms with E-state index in [1.165, 1.54) is 6.92 Å². The molecule has 2 fully saturated rings. The van der Waals surface area contributed by atoms with E-state index < -0.39 is 28.5 Å². The van der Waals surface area contributed by atoms with Crippen molar-refractivity contribution in [1.82, 2.24) is 0 Å². The van der Waals surface area contributed by atoms with Crippen molar-refractivity contribution in [3.05, 3.63) is 23.8 Å². The lowest BCUT2D eigenvalue weighted by Crippen LogP contribution is -2.72. The van der Waals surface area contributed by atoms with Gasteiger partial charge in [0, 0.05) is 5.41 Å². The largest absolute Gasteiger partial charge is 0.481 e. The van der Waals surface area contributed by atoms with Crippen molar-refractivity contribution < 1.29 is 25.2 Å². The highest BCUT2D eigenvalue weighted by atomic mass is 16.4. The predicted octanol–water partition coefficient (Wildman–Crippen LogP) is 2.12. The van der Waals surface area contributed by atoms with Crippen LogP contribution in [0, 0.1) is 28.6 Å². The van der Waals surface area contributed by atoms with Crippen molar-refractivity contribution in [2.75, 3.05) is 6.61 Å². The van der Waals surface area contributed by atoms with Gasteiger partial charge >= 0.3 is 5.97 Å². The number of aliphatic hydroxyl groups excluding tert-OH is 2. The molecule has 3 rings (SSSR count). The summed E-state index contributed by atoms with van der Waals surface area (Å²) in [6.45, 7) is 5.65. The Balaban J connectivity index is 2.09. The zero-order valence-electron chi connectivity index (χ0n) is 15.3. The van der Waals surface area contributed by atoms with E-state index in [1.807, 2.05) is 19.1 Å². The van der Waals surface area contributed by atoms with E-state index in [1.54, 1.807) is 0 Å². The fourth-order valence-corrected chi connectivity index (χ4v) is 6.02. The van der Waals surface area contributed by atoms with E-state index in [0.29, 0.717) is 31.6 Å². The van der Waals surface area contributed by atoms with Crippen LogP contribution in [0.25, 0.3) is 0 Å². The van der Waals surface area contributed by atoms with Crippen molar-refractivity contribution >= 4 is 5.97 Å². The van der Waals surface area contributed by atoms with Crippen molar-refractivity contribution in [2.45, 2.75) is 58.2 Å². The van der Waals surface area contributed by atoms with Crippen LogP contribution in [0.5, 0.6) is 0 Å². The van der Waals surface area contributed by atoms with Crippen LogP contribution in [0.1, 0.15) is 46.5 Å². The van der Waals surface area contributed by atoms with Gasteiger partial charge in [0.25, 0.3) is 0 Å². The number of allylic oxidation sites excluding steroid dienone is 3. The lowest BCUT2D eigenvalue weighted by Gasteiger charge is -2.65. The minimum atomic E-state index is -1.57. The van der Waals surface area contributed by atoms with Crippen LogP contribution in [0.15, 0.2) is 23.8 Å². The van der Waals surface area contributed by atoms with E-state index in [-0.39, 0.29) is 18.4 Å². The van der Waals surface area contributed by atoms with E-state index >= 15 is 0 Å². The van der Waals surface area contributed by atoms with E-state index in [2.05, 4.69) is 13.0 Å². The monoisotopic (exact) mass is 350 g/mol. The molecule has 25 heavy (non-hydrogen) atoms. The highest BCUT2D eigenvalue weighted by Crippen LogP contribution is 2.65. The Morgan fingerprint density at radius 2 is 2.00 bits per heavy atom. The Bertz CT molecular complexity index is 626. The van der Waals surface area contributed by atoms with Crippen molar-refractivity contribution in [1.29, 1.82) is 0 Å². The lowest BCUT2D eigenvalue weighted by molar-refractivity contribution is -0.266. The van der Waals surface area contributed by atoms with Gasteiger partial charge in [-0.25, -0.2) is 0 Å². The molecule has 0 unspecified atom stereocenters. The van der Waals surface area contributed by atoms with Gasteiger partial charge in [0.1, 0.15) is 5.41 Å². The highest BCUT2D eigenvalue weighted by molar-refractivity contribution is 5.77. The number of fused-ring (bicyclic) bond motifs is 3. The minimum absolute atomic E-state index is 0.00584. The molecule has 4 N–H and O–H groups in total. The molecule has 3 aliphatic carbocycles.